The molecule has 5 N–H and O–H groups in total. The van der Waals surface area contributed by atoms with Gasteiger partial charge in [0.15, 0.2) is 0 Å². The van der Waals surface area contributed by atoms with Gasteiger partial charge in [-0.05, 0) is 0 Å². The molecule has 10 heteroatoms. The van der Waals surface area contributed by atoms with Gasteiger partial charge in [0.25, 0.3) is 10.2 Å². The first kappa shape index (κ1) is 14.0. The highest BCUT2D eigenvalue weighted by molar-refractivity contribution is 7.86. The fourth-order valence-electron chi connectivity index (χ4n) is 1.04. The molecular formula is C7H12N4O4S2. The molecule has 0 unspecified atom stereocenters. The minimum Gasteiger partial charge on any atom is -0.480 e. The van der Waals surface area contributed by atoms with E-state index in [9.17, 15) is 13.2 Å². The van der Waals surface area contributed by atoms with E-state index in [1.165, 1.54) is 17.5 Å². The number of aromatic nitrogens is 1. The summed E-state index contributed by atoms with van der Waals surface area (Å²) in [7, 11) is -4.01. The minimum absolute atomic E-state index is 0.0858. The number of hydrogen-bond acceptors (Lipinski definition) is 6. The number of carbonyl (C=O) groups is 1. The van der Waals surface area contributed by atoms with Gasteiger partial charge < -0.3 is 10.8 Å². The predicted octanol–water partition coefficient (Wildman–Crippen LogP) is -1.44. The third-order valence-corrected chi connectivity index (χ3v) is 3.63. The van der Waals surface area contributed by atoms with Crippen LogP contribution in [0.15, 0.2) is 11.6 Å². The number of rotatable bonds is 6. The zero-order valence-electron chi connectivity index (χ0n) is 8.68. The summed E-state index contributed by atoms with van der Waals surface area (Å²) in [6.45, 7) is -0.481. The third-order valence-electron chi connectivity index (χ3n) is 1.87. The predicted molar refractivity (Wildman–Crippen MR) is 61.2 cm³/mol. The maximum absolute atomic E-state index is 11.2. The minimum atomic E-state index is -4.01. The van der Waals surface area contributed by atoms with E-state index in [0.29, 0.717) is 5.01 Å². The normalized spacial score (nSPS) is 13.8. The highest BCUT2D eigenvalue weighted by atomic mass is 32.2. The molecule has 1 atom stereocenters. The largest absolute Gasteiger partial charge is 0.480 e. The summed E-state index contributed by atoms with van der Waals surface area (Å²) in [5, 5.41) is 15.8. The lowest BCUT2D eigenvalue weighted by atomic mass is 10.3. The standard InChI is InChI=1S/C7H12N4O4S2/c8-5(7(12)13)3-11(17(9,14)15)4-6-10-1-2-16-6/h1-2,5H,3-4,8H2,(H,12,13)(H2,9,14,15)/t5-/m0/s1. The second-order valence-corrected chi connectivity index (χ2v) is 5.73. The number of nitrogens with zero attached hydrogens (tertiary/aromatic N) is 2. The van der Waals surface area contributed by atoms with Crippen LogP contribution in [0.1, 0.15) is 5.01 Å². The Balaban J connectivity index is 2.79. The molecule has 0 aliphatic heterocycles. The number of aliphatic carboxylic acids is 1. The average Bonchev–Trinajstić information content (AvgIpc) is 2.67. The summed E-state index contributed by atoms with van der Waals surface area (Å²) >= 11 is 1.24. The van der Waals surface area contributed by atoms with Crippen LogP contribution in [0.25, 0.3) is 0 Å². The van der Waals surface area contributed by atoms with Crippen LogP contribution >= 0.6 is 11.3 Å². The molecule has 0 aliphatic carbocycles. The topological polar surface area (TPSA) is 140 Å². The molecule has 0 spiro atoms. The molecule has 0 radical (unpaired) electrons. The fourth-order valence-corrected chi connectivity index (χ4v) is 2.42. The Bertz CT molecular complexity index is 472. The van der Waals surface area contributed by atoms with E-state index in [0.717, 1.165) is 4.31 Å². The van der Waals surface area contributed by atoms with Crippen LogP contribution in [-0.4, -0.2) is 41.4 Å². The molecule has 0 aromatic carbocycles. The Hall–Kier alpha value is -1.07. The van der Waals surface area contributed by atoms with E-state index in [2.05, 4.69) is 4.98 Å². The summed E-state index contributed by atoms with van der Waals surface area (Å²) in [4.78, 5) is 14.5. The van der Waals surface area contributed by atoms with Crippen molar-refractivity contribution in [3.63, 3.8) is 0 Å². The molecule has 1 heterocycles. The molecule has 8 nitrogen and oxygen atoms in total. The van der Waals surface area contributed by atoms with E-state index >= 15 is 0 Å². The molecule has 0 bridgehead atoms. The number of thiazole rings is 1. The van der Waals surface area contributed by atoms with Crippen LogP contribution in [0.3, 0.4) is 0 Å². The molecule has 17 heavy (non-hydrogen) atoms. The SMILES string of the molecule is N[C@@H](CN(Cc1nccs1)S(N)(=O)=O)C(=O)O. The Morgan fingerprint density at radius 1 is 1.65 bits per heavy atom. The van der Waals surface area contributed by atoms with Crippen molar-refractivity contribution in [1.82, 2.24) is 9.29 Å². The summed E-state index contributed by atoms with van der Waals surface area (Å²) < 4.78 is 23.3. The second-order valence-electron chi connectivity index (χ2n) is 3.21. The first-order valence-corrected chi connectivity index (χ1v) is 6.83. The smallest absolute Gasteiger partial charge is 0.321 e. The van der Waals surface area contributed by atoms with Crippen molar-refractivity contribution in [2.45, 2.75) is 12.6 Å². The van der Waals surface area contributed by atoms with Gasteiger partial charge in [0.2, 0.25) is 0 Å². The number of carboxylic acid groups (broad SMARTS) is 1. The highest BCUT2D eigenvalue weighted by Gasteiger charge is 2.24. The third kappa shape index (κ3) is 4.36. The molecule has 0 saturated heterocycles. The van der Waals surface area contributed by atoms with Crippen molar-refractivity contribution in [3.8, 4) is 0 Å². The molecular weight excluding hydrogens is 268 g/mol. The van der Waals surface area contributed by atoms with Crippen molar-refractivity contribution >= 4 is 27.5 Å². The van der Waals surface area contributed by atoms with Crippen molar-refractivity contribution in [1.29, 1.82) is 0 Å². The Kier molecular flexibility index (Phi) is 4.54. The Morgan fingerprint density at radius 2 is 2.29 bits per heavy atom. The second kappa shape index (κ2) is 5.51. The quantitative estimate of drug-likeness (QED) is 0.583. The van der Waals surface area contributed by atoms with E-state index in [1.54, 1.807) is 5.38 Å². The average molecular weight is 280 g/mol. The number of hydrogen-bond donors (Lipinski definition) is 3. The van der Waals surface area contributed by atoms with Crippen molar-refractivity contribution in [2.75, 3.05) is 6.54 Å². The zero-order chi connectivity index (χ0) is 13.1. The van der Waals surface area contributed by atoms with Gasteiger partial charge in [0.05, 0.1) is 6.54 Å². The van der Waals surface area contributed by atoms with Crippen LogP contribution in [0, 0.1) is 0 Å². The van der Waals surface area contributed by atoms with E-state index in [-0.39, 0.29) is 6.54 Å². The monoisotopic (exact) mass is 280 g/mol. The van der Waals surface area contributed by atoms with Gasteiger partial charge in [-0.15, -0.1) is 11.3 Å². The summed E-state index contributed by atoms with van der Waals surface area (Å²) in [5.41, 5.74) is 5.26. The lowest BCUT2D eigenvalue weighted by molar-refractivity contribution is -0.138. The summed E-state index contributed by atoms with van der Waals surface area (Å²) in [6, 6.07) is -1.33. The van der Waals surface area contributed by atoms with Gasteiger partial charge in [-0.1, -0.05) is 0 Å². The van der Waals surface area contributed by atoms with Gasteiger partial charge in [-0.25, -0.2) is 10.1 Å². The van der Waals surface area contributed by atoms with Crippen molar-refractivity contribution < 1.29 is 18.3 Å². The molecule has 96 valence electrons. The Labute approximate surface area is 102 Å². The van der Waals surface area contributed by atoms with Crippen molar-refractivity contribution in [3.05, 3.63) is 16.6 Å². The van der Waals surface area contributed by atoms with Gasteiger partial charge in [-0.2, -0.15) is 12.7 Å². The molecule has 0 saturated carbocycles. The van der Waals surface area contributed by atoms with Gasteiger partial charge in [0, 0.05) is 18.1 Å². The molecule has 0 amide bonds. The molecule has 1 rings (SSSR count). The van der Waals surface area contributed by atoms with E-state index in [1.807, 2.05) is 0 Å². The van der Waals surface area contributed by atoms with Crippen LogP contribution in [0.4, 0.5) is 0 Å². The maximum atomic E-state index is 11.2. The number of nitrogens with two attached hydrogens (primary N) is 2. The molecule has 1 aromatic heterocycles. The molecule has 0 fully saturated rings. The van der Waals surface area contributed by atoms with E-state index < -0.39 is 28.8 Å². The van der Waals surface area contributed by atoms with Gasteiger partial charge >= 0.3 is 5.97 Å². The van der Waals surface area contributed by atoms with Crippen LogP contribution < -0.4 is 10.9 Å². The van der Waals surface area contributed by atoms with Crippen LogP contribution in [-0.2, 0) is 21.5 Å². The molecule has 0 aliphatic rings. The maximum Gasteiger partial charge on any atom is 0.321 e. The van der Waals surface area contributed by atoms with E-state index in [4.69, 9.17) is 16.0 Å². The zero-order valence-corrected chi connectivity index (χ0v) is 10.3. The number of carboxylic acids is 1. The van der Waals surface area contributed by atoms with Gasteiger partial charge in [0.1, 0.15) is 11.0 Å². The lowest BCUT2D eigenvalue weighted by Crippen LogP contribution is -2.47. The highest BCUT2D eigenvalue weighted by Crippen LogP contribution is 2.10. The van der Waals surface area contributed by atoms with Crippen LogP contribution in [0.5, 0.6) is 0 Å². The summed E-state index contributed by atoms with van der Waals surface area (Å²) in [5.74, 6) is -1.29. The lowest BCUT2D eigenvalue weighted by Gasteiger charge is -2.19. The first-order valence-electron chi connectivity index (χ1n) is 4.45. The summed E-state index contributed by atoms with van der Waals surface area (Å²) in [6.07, 6.45) is 1.51. The van der Waals surface area contributed by atoms with Gasteiger partial charge in [-0.3, -0.25) is 4.79 Å². The first-order chi connectivity index (χ1) is 7.80. The Morgan fingerprint density at radius 3 is 2.71 bits per heavy atom. The fraction of sp³-hybridized carbons (Fsp3) is 0.429. The van der Waals surface area contributed by atoms with Crippen LogP contribution in [0.2, 0.25) is 0 Å². The molecule has 1 aromatic rings. The van der Waals surface area contributed by atoms with Crippen molar-refractivity contribution in [2.24, 2.45) is 10.9 Å².